The summed E-state index contributed by atoms with van der Waals surface area (Å²) in [6, 6.07) is 0. The quantitative estimate of drug-likeness (QED) is 0.460. The number of hydrogen-bond acceptors (Lipinski definition) is 4. The van der Waals surface area contributed by atoms with E-state index in [4.69, 9.17) is 20.4 Å². The van der Waals surface area contributed by atoms with Crippen LogP contribution in [-0.2, 0) is 19.2 Å². The predicted octanol–water partition coefficient (Wildman–Crippen LogP) is 0.754. The van der Waals surface area contributed by atoms with Crippen LogP contribution in [0.15, 0.2) is 0 Å². The van der Waals surface area contributed by atoms with Crippen molar-refractivity contribution in [2.45, 2.75) is 32.6 Å². The lowest BCUT2D eigenvalue weighted by atomic mass is 9.85. The van der Waals surface area contributed by atoms with Crippen LogP contribution in [0.25, 0.3) is 0 Å². The fourth-order valence-corrected chi connectivity index (χ4v) is 1.91. The van der Waals surface area contributed by atoms with Gasteiger partial charge in [-0.3, -0.25) is 19.2 Å². The zero-order valence-electron chi connectivity index (χ0n) is 11.0. The van der Waals surface area contributed by atoms with Crippen LogP contribution in [0.3, 0.4) is 0 Å². The Morgan fingerprint density at radius 1 is 0.750 bits per heavy atom. The average Bonchev–Trinajstić information content (AvgIpc) is 2.31. The van der Waals surface area contributed by atoms with Gasteiger partial charge in [-0.15, -0.1) is 0 Å². The first kappa shape index (κ1) is 17.9. The Hall–Kier alpha value is -2.12. The summed E-state index contributed by atoms with van der Waals surface area (Å²) in [5, 5.41) is 35.4. The summed E-state index contributed by atoms with van der Waals surface area (Å²) in [5.74, 6) is -8.65. The Kier molecular flexibility index (Phi) is 7.27. The summed E-state index contributed by atoms with van der Waals surface area (Å²) in [6.07, 6.45) is -1.09. The number of rotatable bonds is 10. The topological polar surface area (TPSA) is 149 Å². The zero-order valence-corrected chi connectivity index (χ0v) is 11.0. The van der Waals surface area contributed by atoms with Crippen molar-refractivity contribution in [3.8, 4) is 0 Å². The van der Waals surface area contributed by atoms with E-state index in [1.165, 1.54) is 0 Å². The molecule has 3 unspecified atom stereocenters. The van der Waals surface area contributed by atoms with E-state index in [1.807, 2.05) is 0 Å². The Bertz CT molecular complexity index is 389. The molecular formula is C12H18O8. The molecule has 8 nitrogen and oxygen atoms in total. The Morgan fingerprint density at radius 2 is 1.15 bits per heavy atom. The maximum Gasteiger partial charge on any atom is 0.307 e. The number of aliphatic carboxylic acids is 4. The number of carbonyl (C=O) groups is 4. The normalized spacial score (nSPS) is 15.1. The smallest absolute Gasteiger partial charge is 0.307 e. The third-order valence-electron chi connectivity index (χ3n) is 3.10. The summed E-state index contributed by atoms with van der Waals surface area (Å²) < 4.78 is 0. The van der Waals surface area contributed by atoms with Crippen molar-refractivity contribution in [1.29, 1.82) is 0 Å². The molecule has 0 amide bonds. The van der Waals surface area contributed by atoms with Gasteiger partial charge < -0.3 is 20.4 Å². The van der Waals surface area contributed by atoms with Crippen LogP contribution in [0, 0.1) is 17.8 Å². The van der Waals surface area contributed by atoms with E-state index < -0.39 is 54.5 Å². The van der Waals surface area contributed by atoms with Gasteiger partial charge in [0.15, 0.2) is 0 Å². The van der Waals surface area contributed by atoms with Gasteiger partial charge in [-0.1, -0.05) is 6.92 Å². The minimum Gasteiger partial charge on any atom is -0.481 e. The highest BCUT2D eigenvalue weighted by atomic mass is 16.4. The molecule has 0 aliphatic heterocycles. The van der Waals surface area contributed by atoms with Crippen molar-refractivity contribution in [2.24, 2.45) is 17.8 Å². The molecule has 0 rings (SSSR count). The first-order valence-electron chi connectivity index (χ1n) is 6.09. The second-order valence-corrected chi connectivity index (χ2v) is 4.58. The second kappa shape index (κ2) is 8.13. The summed E-state index contributed by atoms with van der Waals surface area (Å²) in [5.41, 5.74) is 0. The molecule has 0 aromatic carbocycles. The number of carboxylic acids is 4. The molecule has 0 aromatic heterocycles. The van der Waals surface area contributed by atoms with Crippen LogP contribution in [0.4, 0.5) is 0 Å². The molecule has 8 heteroatoms. The molecule has 0 saturated heterocycles. The van der Waals surface area contributed by atoms with Crippen molar-refractivity contribution in [3.05, 3.63) is 0 Å². The second-order valence-electron chi connectivity index (χ2n) is 4.58. The number of carboxylic acid groups (broad SMARTS) is 4. The lowest BCUT2D eigenvalue weighted by Crippen LogP contribution is -2.28. The minimum absolute atomic E-state index is 0.218. The number of hydrogen-bond donors (Lipinski definition) is 4. The van der Waals surface area contributed by atoms with Gasteiger partial charge in [-0.2, -0.15) is 0 Å². The average molecular weight is 290 g/mol. The maximum absolute atomic E-state index is 11.1. The van der Waals surface area contributed by atoms with Crippen molar-refractivity contribution >= 4 is 23.9 Å². The van der Waals surface area contributed by atoms with Crippen LogP contribution in [0.1, 0.15) is 32.6 Å². The van der Waals surface area contributed by atoms with Crippen molar-refractivity contribution in [3.63, 3.8) is 0 Å². The van der Waals surface area contributed by atoms with Crippen molar-refractivity contribution < 1.29 is 39.6 Å². The summed E-state index contributed by atoms with van der Waals surface area (Å²) in [7, 11) is 0. The molecule has 0 aliphatic rings. The monoisotopic (exact) mass is 290 g/mol. The molecule has 4 N–H and O–H groups in total. The summed E-state index contributed by atoms with van der Waals surface area (Å²) in [6.45, 7) is 1.59. The highest BCUT2D eigenvalue weighted by molar-refractivity contribution is 5.79. The Balaban J connectivity index is 4.90. The fraction of sp³-hybridized carbons (Fsp3) is 0.667. The molecule has 0 bridgehead atoms. The van der Waals surface area contributed by atoms with E-state index >= 15 is 0 Å². The van der Waals surface area contributed by atoms with Crippen molar-refractivity contribution in [2.75, 3.05) is 0 Å². The molecule has 0 saturated carbocycles. The minimum atomic E-state index is -1.40. The third kappa shape index (κ3) is 6.17. The van der Waals surface area contributed by atoms with Gasteiger partial charge in [-0.25, -0.2) is 0 Å². The first-order valence-corrected chi connectivity index (χ1v) is 6.09. The molecule has 0 aromatic rings. The van der Waals surface area contributed by atoms with Gasteiger partial charge in [0.25, 0.3) is 0 Å². The standard InChI is InChI=1S/C12H18O8/c1-2-6(10(15)16)3-7(11(17)18)4-8(12(19)20)5-9(13)14/h6-8H,2-5H2,1H3,(H,13,14)(H,15,16)(H,17,18)(H,19,20). The van der Waals surface area contributed by atoms with Gasteiger partial charge in [0.1, 0.15) is 0 Å². The van der Waals surface area contributed by atoms with E-state index in [9.17, 15) is 19.2 Å². The van der Waals surface area contributed by atoms with Crippen LogP contribution in [-0.4, -0.2) is 44.3 Å². The van der Waals surface area contributed by atoms with E-state index in [1.54, 1.807) is 6.92 Å². The van der Waals surface area contributed by atoms with E-state index in [0.717, 1.165) is 0 Å². The van der Waals surface area contributed by atoms with Gasteiger partial charge in [0.2, 0.25) is 0 Å². The maximum atomic E-state index is 11.1. The highest BCUT2D eigenvalue weighted by Crippen LogP contribution is 2.25. The highest BCUT2D eigenvalue weighted by Gasteiger charge is 2.32. The molecular weight excluding hydrogens is 272 g/mol. The van der Waals surface area contributed by atoms with E-state index in [-0.39, 0.29) is 12.8 Å². The van der Waals surface area contributed by atoms with Gasteiger partial charge in [0, 0.05) is 0 Å². The SMILES string of the molecule is CCC(CC(CC(CC(=O)O)C(=O)O)C(=O)O)C(=O)O. The van der Waals surface area contributed by atoms with Crippen molar-refractivity contribution in [1.82, 2.24) is 0 Å². The van der Waals surface area contributed by atoms with Gasteiger partial charge in [0.05, 0.1) is 24.2 Å². The van der Waals surface area contributed by atoms with E-state index in [0.29, 0.717) is 0 Å². The summed E-state index contributed by atoms with van der Waals surface area (Å²) in [4.78, 5) is 43.4. The van der Waals surface area contributed by atoms with Gasteiger partial charge in [-0.05, 0) is 19.3 Å². The van der Waals surface area contributed by atoms with Crippen LogP contribution < -0.4 is 0 Å². The molecule has 0 radical (unpaired) electrons. The fourth-order valence-electron chi connectivity index (χ4n) is 1.91. The largest absolute Gasteiger partial charge is 0.481 e. The molecule has 114 valence electrons. The molecule has 0 heterocycles. The van der Waals surface area contributed by atoms with Crippen LogP contribution in [0.5, 0.6) is 0 Å². The molecule has 3 atom stereocenters. The molecule has 20 heavy (non-hydrogen) atoms. The Labute approximate surface area is 115 Å². The van der Waals surface area contributed by atoms with Gasteiger partial charge >= 0.3 is 23.9 Å². The molecule has 0 spiro atoms. The summed E-state index contributed by atoms with van der Waals surface area (Å²) >= 11 is 0. The molecule has 0 aliphatic carbocycles. The lowest BCUT2D eigenvalue weighted by molar-refractivity contribution is -0.151. The predicted molar refractivity (Wildman–Crippen MR) is 65.2 cm³/mol. The van der Waals surface area contributed by atoms with Crippen LogP contribution >= 0.6 is 0 Å². The zero-order chi connectivity index (χ0) is 15.9. The Morgan fingerprint density at radius 3 is 1.45 bits per heavy atom. The van der Waals surface area contributed by atoms with Crippen LogP contribution in [0.2, 0.25) is 0 Å². The third-order valence-corrected chi connectivity index (χ3v) is 3.10. The first-order chi connectivity index (χ1) is 9.18. The van der Waals surface area contributed by atoms with E-state index in [2.05, 4.69) is 0 Å². The lowest BCUT2D eigenvalue weighted by Gasteiger charge is -2.19. The molecule has 0 fully saturated rings.